The van der Waals surface area contributed by atoms with Crippen LogP contribution in [0.15, 0.2) is 42.6 Å². The Labute approximate surface area is 194 Å². The number of para-hydroxylation sites is 1. The molecule has 178 valence electrons. The van der Waals surface area contributed by atoms with Crippen LogP contribution in [-0.4, -0.2) is 44.4 Å². The number of pyridine rings is 1. The molecule has 3 heterocycles. The van der Waals surface area contributed by atoms with Crippen molar-refractivity contribution in [1.82, 2.24) is 24.7 Å². The molecule has 0 unspecified atom stereocenters. The Balaban J connectivity index is 1.25. The number of anilines is 1. The number of aryl methyl sites for hydroxylation is 1. The second kappa shape index (κ2) is 8.34. The number of fused-ring (bicyclic) bond motifs is 2. The van der Waals surface area contributed by atoms with Crippen molar-refractivity contribution in [3.05, 3.63) is 59.7 Å². The van der Waals surface area contributed by atoms with Crippen molar-refractivity contribution >= 4 is 28.4 Å². The van der Waals surface area contributed by atoms with E-state index in [4.69, 9.17) is 0 Å². The molecule has 5 rings (SSSR count). The maximum atomic E-state index is 13.1. The Bertz CT molecular complexity index is 1350. The summed E-state index contributed by atoms with van der Waals surface area (Å²) in [4.78, 5) is 26.0. The number of carbonyl (C=O) groups excluding carboxylic acids is 1. The van der Waals surface area contributed by atoms with Crippen LogP contribution in [0.4, 0.5) is 19.0 Å². The Kier molecular flexibility index (Phi) is 5.45. The predicted molar refractivity (Wildman–Crippen MR) is 123 cm³/mol. The van der Waals surface area contributed by atoms with Gasteiger partial charge in [-0.25, -0.2) is 9.97 Å². The summed E-state index contributed by atoms with van der Waals surface area (Å²) in [5.74, 6) is 0.733. The second-order valence-corrected chi connectivity index (χ2v) is 8.88. The van der Waals surface area contributed by atoms with Gasteiger partial charge < -0.3 is 15.2 Å². The molecule has 0 atom stereocenters. The Morgan fingerprint density at radius 3 is 2.56 bits per heavy atom. The lowest BCUT2D eigenvalue weighted by Crippen LogP contribution is -2.43. The lowest BCUT2D eigenvalue weighted by atomic mass is 9.90. The van der Waals surface area contributed by atoms with Gasteiger partial charge in [-0.2, -0.15) is 13.2 Å². The monoisotopic (exact) mass is 470 g/mol. The maximum absolute atomic E-state index is 13.1. The number of rotatable bonds is 4. The molecule has 7 nitrogen and oxygen atoms in total. The fourth-order valence-electron chi connectivity index (χ4n) is 4.75. The summed E-state index contributed by atoms with van der Waals surface area (Å²) in [6, 6.07) is 11.0. The minimum absolute atomic E-state index is 0.0207. The van der Waals surface area contributed by atoms with Crippen LogP contribution in [0, 0.1) is 6.92 Å². The van der Waals surface area contributed by atoms with E-state index in [0.717, 1.165) is 48.5 Å². The van der Waals surface area contributed by atoms with E-state index in [1.807, 2.05) is 37.1 Å². The quantitative estimate of drug-likeness (QED) is 0.453. The Morgan fingerprint density at radius 2 is 1.85 bits per heavy atom. The zero-order valence-electron chi connectivity index (χ0n) is 18.9. The molecular formula is C24H25F3N6O. The van der Waals surface area contributed by atoms with E-state index < -0.39 is 11.9 Å². The highest BCUT2D eigenvalue weighted by molar-refractivity contribution is 5.94. The van der Waals surface area contributed by atoms with Crippen molar-refractivity contribution in [2.24, 2.45) is 0 Å². The van der Waals surface area contributed by atoms with Crippen LogP contribution in [0.1, 0.15) is 47.6 Å². The van der Waals surface area contributed by atoms with Crippen LogP contribution in [0.5, 0.6) is 0 Å². The van der Waals surface area contributed by atoms with Crippen LogP contribution < -0.4 is 10.2 Å². The van der Waals surface area contributed by atoms with Crippen LogP contribution in [0.25, 0.3) is 16.7 Å². The number of halogens is 3. The number of alkyl halides is 3. The van der Waals surface area contributed by atoms with Crippen molar-refractivity contribution < 1.29 is 18.0 Å². The minimum Gasteiger partial charge on any atom is -0.358 e. The third-order valence-electron chi connectivity index (χ3n) is 6.63. The molecule has 1 fully saturated rings. The molecule has 1 saturated carbocycles. The molecule has 2 N–H and O–H groups in total. The number of benzene rings is 1. The number of imidazole rings is 2. The van der Waals surface area contributed by atoms with Crippen molar-refractivity contribution in [3.8, 4) is 0 Å². The molecule has 1 amide bonds. The number of nitrogens with zero attached hydrogens (tertiary/aromatic N) is 4. The van der Waals surface area contributed by atoms with Crippen LogP contribution in [0.2, 0.25) is 0 Å². The third-order valence-corrected chi connectivity index (χ3v) is 6.63. The molecule has 34 heavy (non-hydrogen) atoms. The number of carbonyl (C=O) groups is 1. The molecule has 0 aliphatic heterocycles. The highest BCUT2D eigenvalue weighted by Crippen LogP contribution is 2.32. The summed E-state index contributed by atoms with van der Waals surface area (Å²) in [6.07, 6.45) is -0.296. The van der Waals surface area contributed by atoms with Gasteiger partial charge in [0.15, 0.2) is 11.5 Å². The lowest BCUT2D eigenvalue weighted by molar-refractivity contribution is -0.140. The fraction of sp³-hybridized carbons (Fsp3) is 0.375. The van der Waals surface area contributed by atoms with E-state index >= 15 is 0 Å². The zero-order chi connectivity index (χ0) is 24.0. The molecule has 10 heteroatoms. The minimum atomic E-state index is -4.49. The van der Waals surface area contributed by atoms with Crippen molar-refractivity contribution in [1.29, 1.82) is 0 Å². The van der Waals surface area contributed by atoms with Crippen molar-refractivity contribution in [2.45, 2.75) is 50.9 Å². The average molecular weight is 470 g/mol. The summed E-state index contributed by atoms with van der Waals surface area (Å²) >= 11 is 0. The topological polar surface area (TPSA) is 78.3 Å². The van der Waals surface area contributed by atoms with Crippen LogP contribution in [-0.2, 0) is 6.18 Å². The molecule has 0 bridgehead atoms. The summed E-state index contributed by atoms with van der Waals surface area (Å²) in [6.45, 7) is 1.96. The molecule has 1 aliphatic rings. The molecule has 1 aromatic carbocycles. The largest absolute Gasteiger partial charge is 0.434 e. The normalized spacial score (nSPS) is 19.0. The van der Waals surface area contributed by atoms with Crippen LogP contribution in [0.3, 0.4) is 0 Å². The molecule has 0 radical (unpaired) electrons. The van der Waals surface area contributed by atoms with E-state index in [1.54, 1.807) is 18.2 Å². The van der Waals surface area contributed by atoms with Gasteiger partial charge in [-0.1, -0.05) is 18.2 Å². The summed E-state index contributed by atoms with van der Waals surface area (Å²) in [5.41, 5.74) is 1.99. The molecule has 1 aliphatic carbocycles. The number of aromatic nitrogens is 4. The van der Waals surface area contributed by atoms with Gasteiger partial charge in [0.05, 0.1) is 11.0 Å². The Hall–Kier alpha value is -3.56. The SMILES string of the molecule is Cc1cccc2[nH]c(C(=O)N[C@H]3CC[C@@H](N(C)c4cccc5nc(C(F)(F)F)cn45)CC3)nc12. The van der Waals surface area contributed by atoms with Gasteiger partial charge in [0, 0.05) is 25.3 Å². The van der Waals surface area contributed by atoms with Crippen LogP contribution >= 0.6 is 0 Å². The highest BCUT2D eigenvalue weighted by atomic mass is 19.4. The summed E-state index contributed by atoms with van der Waals surface area (Å²) in [7, 11) is 1.89. The number of amides is 1. The standard InChI is InChI=1S/C24H25F3N6O/c1-14-5-3-6-17-21(14)31-22(29-17)23(34)28-15-9-11-16(12-10-15)32(2)20-8-4-7-19-30-18(13-33(19)20)24(25,26)27/h3-8,13,15-16H,9-12H2,1-2H3,(H,28,34)(H,29,31)/t15-,16+. The maximum Gasteiger partial charge on any atom is 0.434 e. The first-order valence-electron chi connectivity index (χ1n) is 11.2. The van der Waals surface area contributed by atoms with E-state index in [-0.39, 0.29) is 23.6 Å². The van der Waals surface area contributed by atoms with Gasteiger partial charge in [-0.3, -0.25) is 9.20 Å². The van der Waals surface area contributed by atoms with Gasteiger partial charge in [0.1, 0.15) is 11.5 Å². The predicted octanol–water partition coefficient (Wildman–Crippen LogP) is 4.72. The number of aromatic amines is 1. The van der Waals surface area contributed by atoms with E-state index in [9.17, 15) is 18.0 Å². The molecular weight excluding hydrogens is 445 g/mol. The Morgan fingerprint density at radius 1 is 1.12 bits per heavy atom. The van der Waals surface area contributed by atoms with Gasteiger partial charge in [0.25, 0.3) is 5.91 Å². The fourth-order valence-corrected chi connectivity index (χ4v) is 4.75. The number of H-pyrrole nitrogens is 1. The van der Waals surface area contributed by atoms with E-state index in [0.29, 0.717) is 11.6 Å². The number of hydrogen-bond acceptors (Lipinski definition) is 4. The molecule has 4 aromatic rings. The third kappa shape index (κ3) is 4.08. The number of nitrogens with one attached hydrogen (secondary N) is 2. The first-order valence-corrected chi connectivity index (χ1v) is 11.2. The number of hydrogen-bond donors (Lipinski definition) is 2. The van der Waals surface area contributed by atoms with Gasteiger partial charge in [-0.05, 0) is 56.4 Å². The molecule has 0 spiro atoms. The lowest BCUT2D eigenvalue weighted by Gasteiger charge is -2.36. The van der Waals surface area contributed by atoms with Gasteiger partial charge in [0.2, 0.25) is 0 Å². The van der Waals surface area contributed by atoms with Crippen molar-refractivity contribution in [2.75, 3.05) is 11.9 Å². The summed E-state index contributed by atoms with van der Waals surface area (Å²) in [5, 5.41) is 3.07. The average Bonchev–Trinajstić information content (AvgIpc) is 3.44. The van der Waals surface area contributed by atoms with E-state index in [1.165, 1.54) is 4.40 Å². The van der Waals surface area contributed by atoms with Gasteiger partial charge >= 0.3 is 6.18 Å². The first-order chi connectivity index (χ1) is 16.2. The molecule has 3 aromatic heterocycles. The zero-order valence-corrected chi connectivity index (χ0v) is 18.9. The highest BCUT2D eigenvalue weighted by Gasteiger charge is 2.34. The van der Waals surface area contributed by atoms with Crippen molar-refractivity contribution in [3.63, 3.8) is 0 Å². The van der Waals surface area contributed by atoms with Gasteiger partial charge in [-0.15, -0.1) is 0 Å². The van der Waals surface area contributed by atoms with E-state index in [2.05, 4.69) is 20.3 Å². The summed E-state index contributed by atoms with van der Waals surface area (Å²) < 4.78 is 40.9. The first kappa shape index (κ1) is 22.2. The second-order valence-electron chi connectivity index (χ2n) is 8.88. The smallest absolute Gasteiger partial charge is 0.358 e. The molecule has 0 saturated heterocycles.